The molecule has 0 fully saturated rings. The molecule has 16 heavy (non-hydrogen) atoms. The molecular formula is C13H13F2N. The van der Waals surface area contributed by atoms with Crippen LogP contribution in [-0.2, 0) is 0 Å². The SMILES string of the molecule is CC(F)(F)CNc1cccc2ccccc12. The Labute approximate surface area is 93.1 Å². The third-order valence-electron chi connectivity index (χ3n) is 2.38. The zero-order valence-electron chi connectivity index (χ0n) is 9.00. The monoisotopic (exact) mass is 221 g/mol. The van der Waals surface area contributed by atoms with Gasteiger partial charge < -0.3 is 5.32 Å². The summed E-state index contributed by atoms with van der Waals surface area (Å²) in [5.41, 5.74) is 0.750. The Kier molecular flexibility index (Phi) is 2.77. The summed E-state index contributed by atoms with van der Waals surface area (Å²) in [5.74, 6) is -2.70. The predicted molar refractivity (Wildman–Crippen MR) is 63.1 cm³/mol. The molecule has 0 aromatic heterocycles. The number of nitrogens with one attached hydrogen (secondary N) is 1. The topological polar surface area (TPSA) is 12.0 Å². The van der Waals surface area contributed by atoms with Crippen LogP contribution in [0.5, 0.6) is 0 Å². The van der Waals surface area contributed by atoms with E-state index in [9.17, 15) is 8.78 Å². The highest BCUT2D eigenvalue weighted by Crippen LogP contribution is 2.24. The van der Waals surface area contributed by atoms with E-state index in [2.05, 4.69) is 5.32 Å². The Morgan fingerprint density at radius 3 is 2.50 bits per heavy atom. The number of rotatable bonds is 3. The molecule has 0 aliphatic rings. The van der Waals surface area contributed by atoms with Gasteiger partial charge in [0.25, 0.3) is 5.92 Å². The molecule has 0 unspecified atom stereocenters. The first-order chi connectivity index (χ1) is 7.56. The fraction of sp³-hybridized carbons (Fsp3) is 0.231. The van der Waals surface area contributed by atoms with Crippen molar-refractivity contribution >= 4 is 16.5 Å². The predicted octanol–water partition coefficient (Wildman–Crippen LogP) is 3.91. The van der Waals surface area contributed by atoms with E-state index in [0.717, 1.165) is 23.4 Å². The van der Waals surface area contributed by atoms with Crippen molar-refractivity contribution in [1.82, 2.24) is 0 Å². The van der Waals surface area contributed by atoms with Gasteiger partial charge in [0, 0.05) is 18.0 Å². The summed E-state index contributed by atoms with van der Waals surface area (Å²) in [7, 11) is 0. The maximum Gasteiger partial charge on any atom is 0.262 e. The van der Waals surface area contributed by atoms with Crippen LogP contribution in [0.1, 0.15) is 6.92 Å². The third-order valence-corrected chi connectivity index (χ3v) is 2.38. The number of anilines is 1. The second kappa shape index (κ2) is 4.08. The molecule has 0 bridgehead atoms. The van der Waals surface area contributed by atoms with Crippen molar-refractivity contribution in [1.29, 1.82) is 0 Å². The fourth-order valence-electron chi connectivity index (χ4n) is 1.63. The van der Waals surface area contributed by atoms with Gasteiger partial charge in [-0.3, -0.25) is 0 Å². The molecule has 0 heterocycles. The molecule has 1 nitrogen and oxygen atoms in total. The van der Waals surface area contributed by atoms with Crippen molar-refractivity contribution in [3.05, 3.63) is 42.5 Å². The summed E-state index contributed by atoms with van der Waals surface area (Å²) in [6.45, 7) is 0.562. The van der Waals surface area contributed by atoms with Crippen molar-refractivity contribution in [2.75, 3.05) is 11.9 Å². The van der Waals surface area contributed by atoms with Crippen LogP contribution < -0.4 is 5.32 Å². The summed E-state index contributed by atoms with van der Waals surface area (Å²) in [5, 5.41) is 4.79. The van der Waals surface area contributed by atoms with Crippen LogP contribution in [0.4, 0.5) is 14.5 Å². The quantitative estimate of drug-likeness (QED) is 0.828. The van der Waals surface area contributed by atoms with E-state index in [1.807, 2.05) is 42.5 Å². The van der Waals surface area contributed by atoms with Crippen LogP contribution in [0, 0.1) is 0 Å². The number of benzene rings is 2. The standard InChI is InChI=1S/C13H13F2N/c1-13(14,15)9-16-12-8-4-6-10-5-2-3-7-11(10)12/h2-8,16H,9H2,1H3. The first kappa shape index (κ1) is 10.9. The van der Waals surface area contributed by atoms with Crippen molar-refractivity contribution < 1.29 is 8.78 Å². The number of alkyl halides is 2. The molecule has 1 N–H and O–H groups in total. The van der Waals surface area contributed by atoms with E-state index in [0.29, 0.717) is 0 Å². The van der Waals surface area contributed by atoms with Crippen LogP contribution >= 0.6 is 0 Å². The van der Waals surface area contributed by atoms with Gasteiger partial charge in [-0.25, -0.2) is 8.78 Å². The second-order valence-corrected chi connectivity index (χ2v) is 3.95. The average Bonchev–Trinajstić information content (AvgIpc) is 2.25. The number of halogens is 2. The first-order valence-electron chi connectivity index (χ1n) is 5.16. The van der Waals surface area contributed by atoms with E-state index in [1.54, 1.807) is 0 Å². The van der Waals surface area contributed by atoms with Crippen molar-refractivity contribution in [3.8, 4) is 0 Å². The average molecular weight is 221 g/mol. The highest BCUT2D eigenvalue weighted by Gasteiger charge is 2.20. The highest BCUT2D eigenvalue weighted by molar-refractivity contribution is 5.93. The molecule has 0 radical (unpaired) electrons. The Morgan fingerprint density at radius 2 is 1.75 bits per heavy atom. The molecule has 2 aromatic rings. The Bertz CT molecular complexity index is 483. The summed E-state index contributed by atoms with van der Waals surface area (Å²) in [6.07, 6.45) is 0. The van der Waals surface area contributed by atoms with Crippen LogP contribution in [0.25, 0.3) is 10.8 Å². The van der Waals surface area contributed by atoms with E-state index in [-0.39, 0.29) is 6.54 Å². The lowest BCUT2D eigenvalue weighted by Gasteiger charge is -2.14. The summed E-state index contributed by atoms with van der Waals surface area (Å²) >= 11 is 0. The molecular weight excluding hydrogens is 208 g/mol. The number of hydrogen-bond donors (Lipinski definition) is 1. The first-order valence-corrected chi connectivity index (χ1v) is 5.16. The Morgan fingerprint density at radius 1 is 1.06 bits per heavy atom. The summed E-state index contributed by atoms with van der Waals surface area (Å²) < 4.78 is 25.5. The molecule has 0 aliphatic heterocycles. The van der Waals surface area contributed by atoms with Crippen molar-refractivity contribution in [2.24, 2.45) is 0 Å². The lowest BCUT2D eigenvalue weighted by atomic mass is 10.1. The molecule has 0 amide bonds. The van der Waals surface area contributed by atoms with Crippen LogP contribution in [0.3, 0.4) is 0 Å². The maximum atomic E-state index is 12.7. The molecule has 84 valence electrons. The zero-order valence-corrected chi connectivity index (χ0v) is 9.00. The summed E-state index contributed by atoms with van der Waals surface area (Å²) in [6, 6.07) is 13.4. The molecule has 2 aromatic carbocycles. The van der Waals surface area contributed by atoms with Gasteiger partial charge in [-0.05, 0) is 11.5 Å². The molecule has 0 spiro atoms. The molecule has 0 atom stereocenters. The Hall–Kier alpha value is -1.64. The molecule has 0 saturated carbocycles. The van der Waals surface area contributed by atoms with Gasteiger partial charge in [0.2, 0.25) is 0 Å². The smallest absolute Gasteiger partial charge is 0.262 e. The number of hydrogen-bond acceptors (Lipinski definition) is 1. The molecule has 2 rings (SSSR count). The molecule has 3 heteroatoms. The van der Waals surface area contributed by atoms with Crippen LogP contribution in [-0.4, -0.2) is 12.5 Å². The fourth-order valence-corrected chi connectivity index (χ4v) is 1.63. The van der Waals surface area contributed by atoms with Gasteiger partial charge in [0.1, 0.15) is 0 Å². The van der Waals surface area contributed by atoms with E-state index >= 15 is 0 Å². The van der Waals surface area contributed by atoms with Gasteiger partial charge in [0.05, 0.1) is 6.54 Å². The second-order valence-electron chi connectivity index (χ2n) is 3.95. The number of fused-ring (bicyclic) bond motifs is 1. The minimum atomic E-state index is -2.70. The third kappa shape index (κ3) is 2.48. The molecule has 0 aliphatic carbocycles. The minimum Gasteiger partial charge on any atom is -0.379 e. The lowest BCUT2D eigenvalue weighted by Crippen LogP contribution is -2.22. The normalized spacial score (nSPS) is 11.7. The van der Waals surface area contributed by atoms with Gasteiger partial charge in [-0.2, -0.15) is 0 Å². The van der Waals surface area contributed by atoms with Crippen molar-refractivity contribution in [3.63, 3.8) is 0 Å². The van der Waals surface area contributed by atoms with Crippen LogP contribution in [0.2, 0.25) is 0 Å². The van der Waals surface area contributed by atoms with Gasteiger partial charge in [-0.1, -0.05) is 36.4 Å². The van der Waals surface area contributed by atoms with Gasteiger partial charge in [-0.15, -0.1) is 0 Å². The Balaban J connectivity index is 2.30. The molecule has 0 saturated heterocycles. The van der Waals surface area contributed by atoms with E-state index in [1.165, 1.54) is 0 Å². The lowest BCUT2D eigenvalue weighted by molar-refractivity contribution is 0.0368. The minimum absolute atomic E-state index is 0.346. The van der Waals surface area contributed by atoms with Crippen LogP contribution in [0.15, 0.2) is 42.5 Å². The van der Waals surface area contributed by atoms with E-state index in [4.69, 9.17) is 0 Å². The highest BCUT2D eigenvalue weighted by atomic mass is 19.3. The zero-order chi connectivity index (χ0) is 11.6. The van der Waals surface area contributed by atoms with Crippen molar-refractivity contribution in [2.45, 2.75) is 12.8 Å². The summed E-state index contributed by atoms with van der Waals surface area (Å²) in [4.78, 5) is 0. The maximum absolute atomic E-state index is 12.7. The largest absolute Gasteiger partial charge is 0.379 e. The van der Waals surface area contributed by atoms with Gasteiger partial charge >= 0.3 is 0 Å². The van der Waals surface area contributed by atoms with Gasteiger partial charge in [0.15, 0.2) is 0 Å². The van der Waals surface area contributed by atoms with E-state index < -0.39 is 5.92 Å².